The molecule has 33 heavy (non-hydrogen) atoms. The van der Waals surface area contributed by atoms with Gasteiger partial charge in [0.05, 0.1) is 17.2 Å². The number of hydrogen-bond donors (Lipinski definition) is 1. The number of fused-ring (bicyclic) bond motifs is 1. The summed E-state index contributed by atoms with van der Waals surface area (Å²) in [6.07, 6.45) is 2.03. The molecule has 0 radical (unpaired) electrons. The Morgan fingerprint density at radius 3 is 2.33 bits per heavy atom. The lowest BCUT2D eigenvalue weighted by molar-refractivity contribution is -0.114. The number of nitrogens with one attached hydrogen (secondary N) is 1. The summed E-state index contributed by atoms with van der Waals surface area (Å²) in [5, 5.41) is 3.50. The van der Waals surface area contributed by atoms with Crippen molar-refractivity contribution in [2.75, 3.05) is 17.3 Å². The van der Waals surface area contributed by atoms with Crippen LogP contribution in [-0.2, 0) is 11.2 Å². The van der Waals surface area contributed by atoms with Crippen LogP contribution in [0.4, 0.5) is 11.4 Å². The summed E-state index contributed by atoms with van der Waals surface area (Å²) < 4.78 is 5.15. The molecule has 7 heteroatoms. The molecule has 1 aliphatic rings. The van der Waals surface area contributed by atoms with Crippen molar-refractivity contribution in [2.24, 2.45) is 0 Å². The molecule has 0 saturated heterocycles. The standard InChI is InChI=1S/C18H19NO2.C8H7Cl2NO/c1-13-7-8-14-5-3-4-6-17(14)19(13)18(20)15-9-11-16(21-2)12-10-15;1-5(12)11-6-2-3-7(9)8(10)4-6/h3-6,9-13H,7-8H2,1-2H3;2-4H,1H3,(H,11,12)/t13-;/m0./s1. The summed E-state index contributed by atoms with van der Waals surface area (Å²) in [6.45, 7) is 3.54. The van der Waals surface area contributed by atoms with E-state index in [9.17, 15) is 9.59 Å². The average Bonchev–Trinajstić information content (AvgIpc) is 2.81. The molecule has 1 N–H and O–H groups in total. The fraction of sp³-hybridized carbons (Fsp3) is 0.231. The van der Waals surface area contributed by atoms with E-state index in [0.29, 0.717) is 21.3 Å². The van der Waals surface area contributed by atoms with Crippen molar-refractivity contribution in [2.45, 2.75) is 32.7 Å². The number of aryl methyl sites for hydroxylation is 1. The van der Waals surface area contributed by atoms with Crippen LogP contribution in [0.3, 0.4) is 0 Å². The van der Waals surface area contributed by atoms with Crippen LogP contribution in [-0.4, -0.2) is 25.0 Å². The number of hydrogen-bond acceptors (Lipinski definition) is 3. The molecule has 1 aliphatic heterocycles. The molecule has 0 aromatic heterocycles. The third kappa shape index (κ3) is 6.28. The van der Waals surface area contributed by atoms with Crippen LogP contribution in [0.5, 0.6) is 5.75 Å². The molecule has 3 aromatic carbocycles. The van der Waals surface area contributed by atoms with E-state index in [-0.39, 0.29) is 17.9 Å². The van der Waals surface area contributed by atoms with E-state index in [2.05, 4.69) is 18.3 Å². The van der Waals surface area contributed by atoms with Gasteiger partial charge in [-0.25, -0.2) is 0 Å². The molecule has 4 rings (SSSR count). The Hall–Kier alpha value is -3.02. The summed E-state index contributed by atoms with van der Waals surface area (Å²) in [6, 6.07) is 20.6. The second-order valence-electron chi connectivity index (χ2n) is 7.73. The normalized spacial score (nSPS) is 14.5. The monoisotopic (exact) mass is 484 g/mol. The van der Waals surface area contributed by atoms with Crippen molar-refractivity contribution < 1.29 is 14.3 Å². The SMILES string of the molecule is CC(=O)Nc1ccc(Cl)c(Cl)c1.COc1ccc(C(=O)N2c3ccccc3CC[C@@H]2C)cc1. The van der Waals surface area contributed by atoms with E-state index in [4.69, 9.17) is 27.9 Å². The number of amides is 2. The minimum Gasteiger partial charge on any atom is -0.497 e. The molecule has 1 heterocycles. The largest absolute Gasteiger partial charge is 0.497 e. The van der Waals surface area contributed by atoms with Crippen LogP contribution in [0, 0.1) is 0 Å². The summed E-state index contributed by atoms with van der Waals surface area (Å²) in [5.41, 5.74) is 3.63. The zero-order valence-corrected chi connectivity index (χ0v) is 20.3. The first kappa shape index (κ1) is 24.6. The Morgan fingerprint density at radius 1 is 1.00 bits per heavy atom. The predicted molar refractivity (Wildman–Crippen MR) is 135 cm³/mol. The van der Waals surface area contributed by atoms with Gasteiger partial charge in [0.15, 0.2) is 0 Å². The Balaban J connectivity index is 0.000000218. The molecule has 2 amide bonds. The van der Waals surface area contributed by atoms with Gasteiger partial charge in [0.2, 0.25) is 5.91 Å². The fourth-order valence-electron chi connectivity index (χ4n) is 3.65. The summed E-state index contributed by atoms with van der Waals surface area (Å²) in [7, 11) is 1.62. The molecule has 172 valence electrons. The number of carbonyl (C=O) groups is 2. The van der Waals surface area contributed by atoms with E-state index in [1.54, 1.807) is 25.3 Å². The van der Waals surface area contributed by atoms with Crippen molar-refractivity contribution in [1.29, 1.82) is 0 Å². The first-order valence-electron chi connectivity index (χ1n) is 10.6. The Bertz CT molecular complexity index is 1130. The maximum atomic E-state index is 12.9. The Morgan fingerprint density at radius 2 is 1.70 bits per heavy atom. The lowest BCUT2D eigenvalue weighted by Gasteiger charge is -2.35. The number of benzene rings is 3. The van der Waals surface area contributed by atoms with Crippen molar-refractivity contribution in [3.63, 3.8) is 0 Å². The fourth-order valence-corrected chi connectivity index (χ4v) is 3.95. The van der Waals surface area contributed by atoms with Crippen molar-refractivity contribution in [1.82, 2.24) is 0 Å². The van der Waals surface area contributed by atoms with Gasteiger partial charge in [-0.3, -0.25) is 9.59 Å². The van der Waals surface area contributed by atoms with E-state index in [1.807, 2.05) is 47.4 Å². The minimum atomic E-state index is -0.131. The van der Waals surface area contributed by atoms with Gasteiger partial charge >= 0.3 is 0 Å². The second kappa shape index (κ2) is 11.2. The first-order valence-corrected chi connectivity index (χ1v) is 11.3. The molecule has 0 bridgehead atoms. The quantitative estimate of drug-likeness (QED) is 0.453. The van der Waals surface area contributed by atoms with Gasteiger partial charge in [-0.05, 0) is 73.9 Å². The maximum absolute atomic E-state index is 12.9. The van der Waals surface area contributed by atoms with Gasteiger partial charge in [-0.1, -0.05) is 41.4 Å². The van der Waals surface area contributed by atoms with Gasteiger partial charge in [0.1, 0.15) is 5.75 Å². The highest BCUT2D eigenvalue weighted by atomic mass is 35.5. The van der Waals surface area contributed by atoms with Gasteiger partial charge < -0.3 is 15.0 Å². The molecule has 0 fully saturated rings. The molecule has 0 unspecified atom stereocenters. The van der Waals surface area contributed by atoms with Gasteiger partial charge in [-0.2, -0.15) is 0 Å². The number of methoxy groups -OCH3 is 1. The Labute approximate surface area is 204 Å². The van der Waals surface area contributed by atoms with Crippen LogP contribution in [0.1, 0.15) is 36.2 Å². The molecule has 3 aromatic rings. The Kier molecular flexibility index (Phi) is 8.37. The second-order valence-corrected chi connectivity index (χ2v) is 8.54. The third-order valence-corrected chi connectivity index (χ3v) is 6.06. The molecular weight excluding hydrogens is 459 g/mol. The number of halogens is 2. The van der Waals surface area contributed by atoms with Crippen LogP contribution in [0.2, 0.25) is 10.0 Å². The lowest BCUT2D eigenvalue weighted by atomic mass is 9.96. The van der Waals surface area contributed by atoms with Crippen LogP contribution in [0.15, 0.2) is 66.7 Å². The smallest absolute Gasteiger partial charge is 0.258 e. The number of rotatable bonds is 3. The zero-order valence-electron chi connectivity index (χ0n) is 18.8. The van der Waals surface area contributed by atoms with Gasteiger partial charge in [-0.15, -0.1) is 0 Å². The lowest BCUT2D eigenvalue weighted by Crippen LogP contribution is -2.42. The number of nitrogens with zero attached hydrogens (tertiary/aromatic N) is 1. The van der Waals surface area contributed by atoms with E-state index < -0.39 is 0 Å². The number of anilines is 2. The highest BCUT2D eigenvalue weighted by molar-refractivity contribution is 6.42. The van der Waals surface area contributed by atoms with Crippen molar-refractivity contribution in [3.05, 3.63) is 87.9 Å². The summed E-state index contributed by atoms with van der Waals surface area (Å²) in [4.78, 5) is 25.4. The molecule has 5 nitrogen and oxygen atoms in total. The number of para-hydroxylation sites is 1. The first-order chi connectivity index (χ1) is 15.8. The number of carbonyl (C=O) groups excluding carboxylic acids is 2. The highest BCUT2D eigenvalue weighted by Crippen LogP contribution is 2.32. The van der Waals surface area contributed by atoms with Crippen LogP contribution >= 0.6 is 23.2 Å². The zero-order chi connectivity index (χ0) is 24.0. The molecular formula is C26H26Cl2N2O3. The van der Waals surface area contributed by atoms with Crippen molar-refractivity contribution in [3.8, 4) is 5.75 Å². The summed E-state index contributed by atoms with van der Waals surface area (Å²) >= 11 is 11.4. The van der Waals surface area contributed by atoms with Crippen LogP contribution < -0.4 is 15.0 Å². The van der Waals surface area contributed by atoms with Gasteiger partial charge in [0.25, 0.3) is 5.91 Å². The topological polar surface area (TPSA) is 58.6 Å². The van der Waals surface area contributed by atoms with E-state index in [1.165, 1.54) is 12.5 Å². The highest BCUT2D eigenvalue weighted by Gasteiger charge is 2.28. The van der Waals surface area contributed by atoms with Crippen LogP contribution in [0.25, 0.3) is 0 Å². The number of ether oxygens (including phenoxy) is 1. The van der Waals surface area contributed by atoms with Gasteiger partial charge in [0, 0.05) is 29.9 Å². The average molecular weight is 485 g/mol. The molecule has 0 saturated carbocycles. The molecule has 0 aliphatic carbocycles. The predicted octanol–water partition coefficient (Wildman–Crippen LogP) is 6.63. The molecule has 1 atom stereocenters. The van der Waals surface area contributed by atoms with E-state index >= 15 is 0 Å². The molecule has 0 spiro atoms. The van der Waals surface area contributed by atoms with E-state index in [0.717, 1.165) is 24.3 Å². The minimum absolute atomic E-state index is 0.0531. The third-order valence-electron chi connectivity index (χ3n) is 5.32. The summed E-state index contributed by atoms with van der Waals surface area (Å²) in [5.74, 6) is 0.685. The van der Waals surface area contributed by atoms with Crippen molar-refractivity contribution >= 4 is 46.4 Å². The maximum Gasteiger partial charge on any atom is 0.258 e.